The number of hydrogen-bond donors (Lipinski definition) is 0. The first-order chi connectivity index (χ1) is 11.6. The lowest BCUT2D eigenvalue weighted by Crippen LogP contribution is -2.15. The molecule has 3 rings (SSSR count). The van der Waals surface area contributed by atoms with Crippen LogP contribution < -0.4 is 0 Å². The van der Waals surface area contributed by atoms with Gasteiger partial charge in [0.05, 0.1) is 9.80 Å². The number of carbonyl (C=O) groups is 1. The second-order valence-electron chi connectivity index (χ2n) is 4.70. The summed E-state index contributed by atoms with van der Waals surface area (Å²) in [5.41, 5.74) is 0.637. The van der Waals surface area contributed by atoms with Gasteiger partial charge in [-0.25, -0.2) is 4.79 Å². The van der Waals surface area contributed by atoms with E-state index >= 15 is 0 Å². The lowest BCUT2D eigenvalue weighted by Gasteiger charge is -2.04. The number of ether oxygens (including phenoxy) is 1. The van der Waals surface area contributed by atoms with Gasteiger partial charge in [0.2, 0.25) is 5.82 Å². The standard InChI is InChI=1S/C14H11N5O4S/c20-13(23-9-10-3-5-11(6-4-10)19(21)22)8-18-16-14(15-17-18)12-2-1-7-24-12/h1-7H,8-9H2. The molecule has 0 amide bonds. The van der Waals surface area contributed by atoms with E-state index in [9.17, 15) is 14.9 Å². The first-order valence-electron chi connectivity index (χ1n) is 6.82. The van der Waals surface area contributed by atoms with E-state index in [0.29, 0.717) is 11.4 Å². The van der Waals surface area contributed by atoms with Gasteiger partial charge in [0.15, 0.2) is 6.54 Å². The number of esters is 1. The second-order valence-corrected chi connectivity index (χ2v) is 5.65. The number of carbonyl (C=O) groups excluding carboxylic acids is 1. The molecule has 2 aromatic heterocycles. The van der Waals surface area contributed by atoms with Crippen LogP contribution in [0.5, 0.6) is 0 Å². The number of nitro groups is 1. The van der Waals surface area contributed by atoms with Crippen molar-refractivity contribution in [2.45, 2.75) is 13.2 Å². The average molecular weight is 345 g/mol. The smallest absolute Gasteiger partial charge is 0.330 e. The van der Waals surface area contributed by atoms with Crippen LogP contribution in [0.2, 0.25) is 0 Å². The van der Waals surface area contributed by atoms with Crippen LogP contribution in [0.25, 0.3) is 10.7 Å². The zero-order valence-electron chi connectivity index (χ0n) is 12.2. The second kappa shape index (κ2) is 6.96. The fourth-order valence-electron chi connectivity index (χ4n) is 1.85. The molecular formula is C14H11N5O4S. The Labute approximate surface area is 139 Å². The molecule has 0 bridgehead atoms. The number of hydrogen-bond acceptors (Lipinski definition) is 8. The van der Waals surface area contributed by atoms with Crippen LogP contribution in [-0.4, -0.2) is 31.1 Å². The molecule has 0 unspecified atom stereocenters. The average Bonchev–Trinajstić information content (AvgIpc) is 3.24. The summed E-state index contributed by atoms with van der Waals surface area (Å²) in [7, 11) is 0. The number of rotatable bonds is 6. The fourth-order valence-corrected chi connectivity index (χ4v) is 2.50. The van der Waals surface area contributed by atoms with Gasteiger partial charge >= 0.3 is 5.97 Å². The van der Waals surface area contributed by atoms with Crippen LogP contribution in [0, 0.1) is 10.1 Å². The van der Waals surface area contributed by atoms with E-state index in [4.69, 9.17) is 4.74 Å². The first-order valence-corrected chi connectivity index (χ1v) is 7.70. The summed E-state index contributed by atoms with van der Waals surface area (Å²) >= 11 is 1.48. The quantitative estimate of drug-likeness (QED) is 0.381. The molecule has 0 saturated heterocycles. The number of benzene rings is 1. The van der Waals surface area contributed by atoms with E-state index < -0.39 is 10.9 Å². The number of nitrogens with zero attached hydrogens (tertiary/aromatic N) is 5. The highest BCUT2D eigenvalue weighted by Crippen LogP contribution is 2.19. The van der Waals surface area contributed by atoms with E-state index in [-0.39, 0.29) is 18.8 Å². The van der Waals surface area contributed by atoms with E-state index in [2.05, 4.69) is 15.4 Å². The highest BCUT2D eigenvalue weighted by atomic mass is 32.1. The molecule has 0 fully saturated rings. The molecule has 0 saturated carbocycles. The van der Waals surface area contributed by atoms with Crippen LogP contribution in [-0.2, 0) is 22.7 Å². The summed E-state index contributed by atoms with van der Waals surface area (Å²) < 4.78 is 5.10. The van der Waals surface area contributed by atoms with Crippen LogP contribution >= 0.6 is 11.3 Å². The minimum atomic E-state index is -0.525. The molecule has 0 atom stereocenters. The lowest BCUT2D eigenvalue weighted by atomic mass is 10.2. The van der Waals surface area contributed by atoms with Crippen molar-refractivity contribution in [3.8, 4) is 10.7 Å². The summed E-state index contributed by atoms with van der Waals surface area (Å²) in [5, 5.41) is 24.3. The van der Waals surface area contributed by atoms with E-state index in [1.807, 2.05) is 17.5 Å². The van der Waals surface area contributed by atoms with Gasteiger partial charge < -0.3 is 4.74 Å². The molecule has 0 aliphatic carbocycles. The first kappa shape index (κ1) is 15.7. The zero-order valence-corrected chi connectivity index (χ0v) is 13.0. The zero-order chi connectivity index (χ0) is 16.9. The Morgan fingerprint density at radius 1 is 1.29 bits per heavy atom. The summed E-state index contributed by atoms with van der Waals surface area (Å²) in [4.78, 5) is 23.9. The topological polar surface area (TPSA) is 113 Å². The summed E-state index contributed by atoms with van der Waals surface area (Å²) in [5.74, 6) is -0.0725. The molecule has 0 aliphatic rings. The summed E-state index contributed by atoms with van der Waals surface area (Å²) in [6, 6.07) is 9.52. The van der Waals surface area contributed by atoms with Gasteiger partial charge in [0.25, 0.3) is 5.69 Å². The number of thiophene rings is 1. The molecule has 24 heavy (non-hydrogen) atoms. The molecule has 1 aromatic carbocycles. The maximum atomic E-state index is 11.8. The van der Waals surface area contributed by atoms with Gasteiger partial charge in [-0.2, -0.15) is 4.80 Å². The summed E-state index contributed by atoms with van der Waals surface area (Å²) in [6.07, 6.45) is 0. The van der Waals surface area contributed by atoms with Crippen molar-refractivity contribution in [3.05, 3.63) is 57.5 Å². The van der Waals surface area contributed by atoms with Crippen LogP contribution in [0.4, 0.5) is 5.69 Å². The molecule has 3 aromatic rings. The van der Waals surface area contributed by atoms with Crippen molar-refractivity contribution < 1.29 is 14.5 Å². The van der Waals surface area contributed by atoms with Gasteiger partial charge in [-0.3, -0.25) is 10.1 Å². The Morgan fingerprint density at radius 2 is 2.08 bits per heavy atom. The van der Waals surface area contributed by atoms with Crippen molar-refractivity contribution in [2.24, 2.45) is 0 Å². The number of non-ortho nitro benzene ring substituents is 1. The monoisotopic (exact) mass is 345 g/mol. The third-order valence-electron chi connectivity index (χ3n) is 3.01. The Bertz CT molecular complexity index is 844. The van der Waals surface area contributed by atoms with Crippen molar-refractivity contribution in [1.82, 2.24) is 20.2 Å². The molecule has 9 nitrogen and oxygen atoms in total. The Morgan fingerprint density at radius 3 is 2.75 bits per heavy atom. The normalized spacial score (nSPS) is 10.5. The molecule has 0 radical (unpaired) electrons. The molecule has 122 valence electrons. The maximum absolute atomic E-state index is 11.8. The van der Waals surface area contributed by atoms with Gasteiger partial charge in [-0.05, 0) is 34.4 Å². The lowest BCUT2D eigenvalue weighted by molar-refractivity contribution is -0.384. The fraction of sp³-hybridized carbons (Fsp3) is 0.143. The predicted octanol–water partition coefficient (Wildman–Crippen LogP) is 2.05. The Hall–Kier alpha value is -3.14. The molecule has 0 spiro atoms. The maximum Gasteiger partial charge on any atom is 0.330 e. The third-order valence-corrected chi connectivity index (χ3v) is 3.88. The minimum Gasteiger partial charge on any atom is -0.459 e. The molecule has 2 heterocycles. The highest BCUT2D eigenvalue weighted by Gasteiger charge is 2.11. The van der Waals surface area contributed by atoms with Gasteiger partial charge in [0.1, 0.15) is 6.61 Å². The minimum absolute atomic E-state index is 0.0157. The highest BCUT2D eigenvalue weighted by molar-refractivity contribution is 7.13. The van der Waals surface area contributed by atoms with Gasteiger partial charge in [-0.1, -0.05) is 6.07 Å². The molecule has 0 N–H and O–H groups in total. The van der Waals surface area contributed by atoms with Gasteiger partial charge in [-0.15, -0.1) is 21.5 Å². The van der Waals surface area contributed by atoms with Crippen LogP contribution in [0.1, 0.15) is 5.56 Å². The third kappa shape index (κ3) is 3.79. The number of aromatic nitrogens is 4. The largest absolute Gasteiger partial charge is 0.459 e. The van der Waals surface area contributed by atoms with Crippen molar-refractivity contribution in [2.75, 3.05) is 0 Å². The summed E-state index contributed by atoms with van der Waals surface area (Å²) in [6.45, 7) is -0.144. The molecule has 0 aliphatic heterocycles. The Kier molecular flexibility index (Phi) is 4.57. The molecule has 10 heteroatoms. The van der Waals surface area contributed by atoms with Gasteiger partial charge in [0, 0.05) is 12.1 Å². The van der Waals surface area contributed by atoms with E-state index in [1.54, 1.807) is 0 Å². The van der Waals surface area contributed by atoms with E-state index in [1.165, 1.54) is 35.6 Å². The number of tetrazole rings is 1. The van der Waals surface area contributed by atoms with Crippen molar-refractivity contribution >= 4 is 23.0 Å². The number of nitro benzene ring substituents is 1. The Balaban J connectivity index is 1.53. The van der Waals surface area contributed by atoms with Crippen LogP contribution in [0.3, 0.4) is 0 Å². The molecular weight excluding hydrogens is 334 g/mol. The van der Waals surface area contributed by atoms with Crippen molar-refractivity contribution in [1.29, 1.82) is 0 Å². The van der Waals surface area contributed by atoms with Crippen molar-refractivity contribution in [3.63, 3.8) is 0 Å². The predicted molar refractivity (Wildman–Crippen MR) is 84.0 cm³/mol. The van der Waals surface area contributed by atoms with Crippen LogP contribution in [0.15, 0.2) is 41.8 Å². The SMILES string of the molecule is O=C(Cn1nnc(-c2cccs2)n1)OCc1ccc([N+](=O)[O-])cc1. The van der Waals surface area contributed by atoms with E-state index in [0.717, 1.165) is 9.67 Å².